The number of rotatable bonds is 3. The molecule has 110 valence electrons. The zero-order valence-electron chi connectivity index (χ0n) is 12.9. The Balaban J connectivity index is 2.20. The van der Waals surface area contributed by atoms with Crippen LogP contribution in [-0.2, 0) is 16.1 Å². The van der Waals surface area contributed by atoms with E-state index in [2.05, 4.69) is 37.8 Å². The molecule has 4 atom stereocenters. The monoisotopic (exact) mass is 275 g/mol. The third kappa shape index (κ3) is 3.04. The van der Waals surface area contributed by atoms with Crippen LogP contribution in [0.2, 0.25) is 0 Å². The molecular formula is C17H25NO2. The van der Waals surface area contributed by atoms with Gasteiger partial charge >= 0.3 is 5.97 Å². The average Bonchev–Trinajstić information content (AvgIpc) is 2.45. The molecule has 1 aliphatic rings. The highest BCUT2D eigenvalue weighted by Gasteiger charge is 2.41. The minimum absolute atomic E-state index is 0.104. The molecule has 0 saturated carbocycles. The smallest absolute Gasteiger partial charge is 0.323 e. The molecular weight excluding hydrogens is 250 g/mol. The Morgan fingerprint density at radius 2 is 1.85 bits per heavy atom. The van der Waals surface area contributed by atoms with Crippen LogP contribution >= 0.6 is 0 Å². The molecule has 0 amide bonds. The van der Waals surface area contributed by atoms with Crippen LogP contribution in [0.5, 0.6) is 0 Å². The van der Waals surface area contributed by atoms with Crippen molar-refractivity contribution in [3.63, 3.8) is 0 Å². The fraction of sp³-hybridized carbons (Fsp3) is 0.588. The zero-order valence-corrected chi connectivity index (χ0v) is 12.9. The second kappa shape index (κ2) is 6.40. The van der Waals surface area contributed by atoms with Gasteiger partial charge in [0, 0.05) is 13.1 Å². The van der Waals surface area contributed by atoms with Crippen LogP contribution in [0.15, 0.2) is 30.3 Å². The third-order valence-electron chi connectivity index (χ3n) is 4.81. The minimum atomic E-state index is -0.133. The molecule has 1 aromatic rings. The van der Waals surface area contributed by atoms with E-state index in [1.807, 2.05) is 18.2 Å². The van der Waals surface area contributed by atoms with E-state index in [4.69, 9.17) is 4.74 Å². The number of likely N-dealkylation sites (tertiary alicyclic amines) is 1. The van der Waals surface area contributed by atoms with Gasteiger partial charge in [-0.3, -0.25) is 9.69 Å². The summed E-state index contributed by atoms with van der Waals surface area (Å²) in [6.07, 6.45) is 0. The van der Waals surface area contributed by atoms with Gasteiger partial charge in [0.25, 0.3) is 0 Å². The van der Waals surface area contributed by atoms with Crippen molar-refractivity contribution in [1.29, 1.82) is 0 Å². The number of hydrogen-bond acceptors (Lipinski definition) is 3. The summed E-state index contributed by atoms with van der Waals surface area (Å²) in [6, 6.07) is 10.2. The Morgan fingerprint density at radius 1 is 1.20 bits per heavy atom. The summed E-state index contributed by atoms with van der Waals surface area (Å²) in [6.45, 7) is 8.43. The molecule has 0 N–H and O–H groups in total. The quantitative estimate of drug-likeness (QED) is 0.794. The fourth-order valence-electron chi connectivity index (χ4n) is 3.25. The zero-order chi connectivity index (χ0) is 14.7. The van der Waals surface area contributed by atoms with Crippen molar-refractivity contribution in [2.75, 3.05) is 13.7 Å². The van der Waals surface area contributed by atoms with E-state index in [1.165, 1.54) is 12.7 Å². The summed E-state index contributed by atoms with van der Waals surface area (Å²) in [4.78, 5) is 14.4. The Labute approximate surface area is 121 Å². The lowest BCUT2D eigenvalue weighted by Crippen LogP contribution is -2.54. The molecule has 0 unspecified atom stereocenters. The van der Waals surface area contributed by atoms with Crippen LogP contribution in [0.3, 0.4) is 0 Å². The van der Waals surface area contributed by atoms with E-state index in [9.17, 15) is 4.79 Å². The number of piperidine rings is 1. The highest BCUT2D eigenvalue weighted by Crippen LogP contribution is 2.34. The number of benzene rings is 1. The van der Waals surface area contributed by atoms with Gasteiger partial charge < -0.3 is 4.74 Å². The molecule has 0 radical (unpaired) electrons. The summed E-state index contributed by atoms with van der Waals surface area (Å²) in [5, 5.41) is 0. The molecule has 1 aromatic carbocycles. The van der Waals surface area contributed by atoms with Crippen LogP contribution in [-0.4, -0.2) is 30.6 Å². The second-order valence-electron chi connectivity index (χ2n) is 6.08. The van der Waals surface area contributed by atoms with E-state index in [-0.39, 0.29) is 12.0 Å². The number of hydrogen-bond donors (Lipinski definition) is 0. The van der Waals surface area contributed by atoms with Gasteiger partial charge in [0.05, 0.1) is 7.11 Å². The van der Waals surface area contributed by atoms with E-state index < -0.39 is 0 Å². The predicted octanol–water partition coefficient (Wildman–Crippen LogP) is 2.95. The van der Waals surface area contributed by atoms with Gasteiger partial charge in [0.1, 0.15) is 6.04 Å². The average molecular weight is 275 g/mol. The van der Waals surface area contributed by atoms with Crippen molar-refractivity contribution < 1.29 is 9.53 Å². The predicted molar refractivity (Wildman–Crippen MR) is 80.1 cm³/mol. The molecule has 3 heteroatoms. The van der Waals surface area contributed by atoms with E-state index in [1.54, 1.807) is 0 Å². The molecule has 1 aliphatic heterocycles. The highest BCUT2D eigenvalue weighted by molar-refractivity contribution is 5.76. The molecule has 1 saturated heterocycles. The normalized spacial score (nSPS) is 31.0. The van der Waals surface area contributed by atoms with Crippen molar-refractivity contribution in [2.24, 2.45) is 17.8 Å². The lowest BCUT2D eigenvalue weighted by Gasteiger charge is -2.45. The molecule has 0 bridgehead atoms. The second-order valence-corrected chi connectivity index (χ2v) is 6.08. The summed E-state index contributed by atoms with van der Waals surface area (Å²) >= 11 is 0. The largest absolute Gasteiger partial charge is 0.468 e. The number of methoxy groups -OCH3 is 1. The Kier molecular flexibility index (Phi) is 4.81. The standard InChI is InChI=1S/C17H25NO2/c1-12-10-18(11-15-8-6-5-7-9-15)16(17(19)20-4)14(3)13(12)2/h5-9,12-14,16H,10-11H2,1-4H3/t12-,13+,14+,16-/m1/s1. The molecule has 0 aromatic heterocycles. The van der Waals surface area contributed by atoms with Crippen molar-refractivity contribution >= 4 is 5.97 Å². The Hall–Kier alpha value is -1.35. The fourth-order valence-corrected chi connectivity index (χ4v) is 3.25. The maximum atomic E-state index is 12.2. The van der Waals surface area contributed by atoms with Crippen molar-refractivity contribution in [3.05, 3.63) is 35.9 Å². The topological polar surface area (TPSA) is 29.5 Å². The minimum Gasteiger partial charge on any atom is -0.468 e. The van der Waals surface area contributed by atoms with Crippen LogP contribution in [0, 0.1) is 17.8 Å². The van der Waals surface area contributed by atoms with E-state index in [0.717, 1.165) is 13.1 Å². The number of carbonyl (C=O) groups excluding carboxylic acids is 1. The molecule has 0 aliphatic carbocycles. The van der Waals surface area contributed by atoms with Gasteiger partial charge in [-0.2, -0.15) is 0 Å². The highest BCUT2D eigenvalue weighted by atomic mass is 16.5. The van der Waals surface area contributed by atoms with Gasteiger partial charge in [-0.1, -0.05) is 51.1 Å². The van der Waals surface area contributed by atoms with Gasteiger partial charge in [0.2, 0.25) is 0 Å². The van der Waals surface area contributed by atoms with Crippen LogP contribution in [0.4, 0.5) is 0 Å². The molecule has 1 heterocycles. The van der Waals surface area contributed by atoms with Crippen LogP contribution in [0.25, 0.3) is 0 Å². The maximum Gasteiger partial charge on any atom is 0.323 e. The first-order valence-corrected chi connectivity index (χ1v) is 7.40. The molecule has 2 rings (SSSR count). The number of ether oxygens (including phenoxy) is 1. The first-order valence-electron chi connectivity index (χ1n) is 7.40. The van der Waals surface area contributed by atoms with Gasteiger partial charge in [-0.15, -0.1) is 0 Å². The lowest BCUT2D eigenvalue weighted by molar-refractivity contribution is -0.153. The van der Waals surface area contributed by atoms with Crippen molar-refractivity contribution in [1.82, 2.24) is 4.90 Å². The van der Waals surface area contributed by atoms with Crippen LogP contribution < -0.4 is 0 Å². The first-order chi connectivity index (χ1) is 9.54. The SMILES string of the molecule is COC(=O)[C@H]1[C@@H](C)[C@@H](C)[C@H](C)CN1Cc1ccccc1. The Bertz CT molecular complexity index is 446. The van der Waals surface area contributed by atoms with E-state index in [0.29, 0.717) is 17.8 Å². The number of esters is 1. The van der Waals surface area contributed by atoms with Crippen molar-refractivity contribution in [3.8, 4) is 0 Å². The molecule has 20 heavy (non-hydrogen) atoms. The molecule has 1 fully saturated rings. The summed E-state index contributed by atoms with van der Waals surface area (Å²) in [5.41, 5.74) is 1.25. The summed E-state index contributed by atoms with van der Waals surface area (Å²) in [5.74, 6) is 1.34. The maximum absolute atomic E-state index is 12.2. The molecule has 0 spiro atoms. The van der Waals surface area contributed by atoms with Crippen LogP contribution in [0.1, 0.15) is 26.3 Å². The first kappa shape index (κ1) is 15.0. The summed E-state index contributed by atoms with van der Waals surface area (Å²) < 4.78 is 5.03. The lowest BCUT2D eigenvalue weighted by atomic mass is 9.76. The third-order valence-corrected chi connectivity index (χ3v) is 4.81. The van der Waals surface area contributed by atoms with Crippen molar-refractivity contribution in [2.45, 2.75) is 33.4 Å². The van der Waals surface area contributed by atoms with Gasteiger partial charge in [-0.25, -0.2) is 0 Å². The Morgan fingerprint density at radius 3 is 2.45 bits per heavy atom. The molecule has 3 nitrogen and oxygen atoms in total. The number of nitrogens with zero attached hydrogens (tertiary/aromatic N) is 1. The van der Waals surface area contributed by atoms with E-state index >= 15 is 0 Å². The number of carbonyl (C=O) groups is 1. The summed E-state index contributed by atoms with van der Waals surface area (Å²) in [7, 11) is 1.48. The van der Waals surface area contributed by atoms with Gasteiger partial charge in [0.15, 0.2) is 0 Å². The van der Waals surface area contributed by atoms with Gasteiger partial charge in [-0.05, 0) is 23.3 Å².